The Morgan fingerprint density at radius 3 is 2.89 bits per heavy atom. The quantitative estimate of drug-likeness (QED) is 0.861. The third-order valence-electron chi connectivity index (χ3n) is 3.66. The summed E-state index contributed by atoms with van der Waals surface area (Å²) in [6.45, 7) is 2.92. The lowest BCUT2D eigenvalue weighted by molar-refractivity contribution is 0.0566. The van der Waals surface area contributed by atoms with Gasteiger partial charge < -0.3 is 10.0 Å². The van der Waals surface area contributed by atoms with Crippen molar-refractivity contribution >= 4 is 17.2 Å². The van der Waals surface area contributed by atoms with Crippen LogP contribution < -0.4 is 0 Å². The summed E-state index contributed by atoms with van der Waals surface area (Å²) >= 11 is 1.54. The van der Waals surface area contributed by atoms with E-state index in [1.54, 1.807) is 11.3 Å². The van der Waals surface area contributed by atoms with Crippen molar-refractivity contribution in [2.24, 2.45) is 0 Å². The molecule has 18 heavy (non-hydrogen) atoms. The van der Waals surface area contributed by atoms with Crippen LogP contribution in [0.4, 0.5) is 0 Å². The zero-order chi connectivity index (χ0) is 13.0. The minimum Gasteiger partial charge on any atom is -0.396 e. The maximum Gasteiger partial charge on any atom is 0.264 e. The highest BCUT2D eigenvalue weighted by atomic mass is 32.1. The molecule has 0 aromatic carbocycles. The van der Waals surface area contributed by atoms with Crippen LogP contribution in [0.15, 0.2) is 11.4 Å². The summed E-state index contributed by atoms with van der Waals surface area (Å²) in [6, 6.07) is 2.44. The van der Waals surface area contributed by atoms with E-state index in [0.29, 0.717) is 19.0 Å². The molecule has 0 unspecified atom stereocenters. The number of hydrogen-bond donors (Lipinski definition) is 1. The van der Waals surface area contributed by atoms with Crippen molar-refractivity contribution in [3.8, 4) is 0 Å². The number of aliphatic hydroxyl groups is 1. The molecule has 0 aliphatic heterocycles. The van der Waals surface area contributed by atoms with Crippen molar-refractivity contribution in [3.63, 3.8) is 0 Å². The number of nitrogens with zero attached hydrogens (tertiary/aromatic N) is 1. The fourth-order valence-corrected chi connectivity index (χ4v) is 3.27. The van der Waals surface area contributed by atoms with E-state index in [4.69, 9.17) is 5.11 Å². The van der Waals surface area contributed by atoms with E-state index in [1.807, 2.05) is 16.3 Å². The van der Waals surface area contributed by atoms with Crippen LogP contribution in [0.3, 0.4) is 0 Å². The Bertz CT molecular complexity index is 398. The van der Waals surface area contributed by atoms with Crippen LogP contribution in [0.5, 0.6) is 0 Å². The van der Waals surface area contributed by atoms with Gasteiger partial charge in [0.1, 0.15) is 0 Å². The highest BCUT2D eigenvalue weighted by Crippen LogP contribution is 2.28. The van der Waals surface area contributed by atoms with Gasteiger partial charge in [0, 0.05) is 19.2 Å². The van der Waals surface area contributed by atoms with Crippen molar-refractivity contribution in [1.82, 2.24) is 4.90 Å². The highest BCUT2D eigenvalue weighted by Gasteiger charge is 2.30. The van der Waals surface area contributed by atoms with Crippen LogP contribution in [0.1, 0.15) is 47.8 Å². The van der Waals surface area contributed by atoms with E-state index in [0.717, 1.165) is 29.7 Å². The Morgan fingerprint density at radius 2 is 2.33 bits per heavy atom. The van der Waals surface area contributed by atoms with Gasteiger partial charge in [-0.25, -0.2) is 0 Å². The van der Waals surface area contributed by atoms with E-state index in [9.17, 15) is 4.79 Å². The second kappa shape index (κ2) is 6.34. The summed E-state index contributed by atoms with van der Waals surface area (Å²) in [5.74, 6) is 0.167. The predicted molar refractivity (Wildman–Crippen MR) is 74.1 cm³/mol. The van der Waals surface area contributed by atoms with Crippen LogP contribution in [0.2, 0.25) is 0 Å². The summed E-state index contributed by atoms with van der Waals surface area (Å²) in [5.41, 5.74) is 1.15. The maximum absolute atomic E-state index is 12.6. The first-order chi connectivity index (χ1) is 8.77. The number of carbonyl (C=O) groups is 1. The molecule has 3 nitrogen and oxygen atoms in total. The smallest absolute Gasteiger partial charge is 0.264 e. The molecule has 1 aromatic rings. The van der Waals surface area contributed by atoms with Crippen molar-refractivity contribution < 1.29 is 9.90 Å². The second-order valence-electron chi connectivity index (χ2n) is 4.79. The Morgan fingerprint density at radius 1 is 1.56 bits per heavy atom. The minimum atomic E-state index is 0.154. The molecular weight excluding hydrogens is 246 g/mol. The molecule has 1 fully saturated rings. The van der Waals surface area contributed by atoms with Crippen molar-refractivity contribution in [1.29, 1.82) is 0 Å². The molecule has 1 aliphatic rings. The molecule has 1 amide bonds. The third-order valence-corrected chi connectivity index (χ3v) is 4.60. The fraction of sp³-hybridized carbons (Fsp3) is 0.643. The normalized spacial score (nSPS) is 15.4. The van der Waals surface area contributed by atoms with E-state index in [2.05, 4.69) is 6.92 Å². The fourth-order valence-electron chi connectivity index (χ4n) is 2.32. The van der Waals surface area contributed by atoms with Crippen LogP contribution >= 0.6 is 11.3 Å². The van der Waals surface area contributed by atoms with Crippen LogP contribution in [0, 0.1) is 0 Å². The number of aryl methyl sites for hydroxylation is 1. The van der Waals surface area contributed by atoms with Gasteiger partial charge in [-0.2, -0.15) is 0 Å². The lowest BCUT2D eigenvalue weighted by atomic mass is 9.91. The number of thiophene rings is 1. The van der Waals surface area contributed by atoms with Crippen LogP contribution in [-0.4, -0.2) is 35.1 Å². The molecular formula is C14H21NO2S. The molecule has 2 rings (SSSR count). The third kappa shape index (κ3) is 2.75. The summed E-state index contributed by atoms with van der Waals surface area (Å²) in [6.07, 6.45) is 5.03. The zero-order valence-corrected chi connectivity index (χ0v) is 11.7. The van der Waals surface area contributed by atoms with E-state index in [-0.39, 0.29) is 12.5 Å². The SMILES string of the molecule is CCc1ccsc1C(=O)N(CCCO)C1CCC1. The molecule has 1 saturated carbocycles. The predicted octanol–water partition coefficient (Wildman–Crippen LogP) is 2.69. The molecule has 0 radical (unpaired) electrons. The molecule has 1 heterocycles. The van der Waals surface area contributed by atoms with Crippen LogP contribution in [-0.2, 0) is 6.42 Å². The summed E-state index contributed by atoms with van der Waals surface area (Å²) in [7, 11) is 0. The van der Waals surface area contributed by atoms with E-state index in [1.165, 1.54) is 6.42 Å². The molecule has 1 aromatic heterocycles. The topological polar surface area (TPSA) is 40.5 Å². The second-order valence-corrected chi connectivity index (χ2v) is 5.71. The average Bonchev–Trinajstić information content (AvgIpc) is 2.79. The molecule has 0 atom stereocenters. The Labute approximate surface area is 112 Å². The highest BCUT2D eigenvalue weighted by molar-refractivity contribution is 7.12. The van der Waals surface area contributed by atoms with Gasteiger partial charge in [-0.05, 0) is 49.1 Å². The number of rotatable bonds is 6. The molecule has 100 valence electrons. The van der Waals surface area contributed by atoms with Crippen LogP contribution in [0.25, 0.3) is 0 Å². The zero-order valence-electron chi connectivity index (χ0n) is 10.9. The maximum atomic E-state index is 12.6. The number of carbonyl (C=O) groups excluding carboxylic acids is 1. The molecule has 1 N–H and O–H groups in total. The number of aliphatic hydroxyl groups excluding tert-OH is 1. The monoisotopic (exact) mass is 267 g/mol. The molecule has 0 bridgehead atoms. The molecule has 0 spiro atoms. The van der Waals surface area contributed by atoms with Gasteiger partial charge in [0.25, 0.3) is 5.91 Å². The van der Waals surface area contributed by atoms with Gasteiger partial charge in [0.2, 0.25) is 0 Å². The van der Waals surface area contributed by atoms with Gasteiger partial charge in [0.05, 0.1) is 4.88 Å². The summed E-state index contributed by atoms with van der Waals surface area (Å²) in [4.78, 5) is 15.4. The molecule has 4 heteroatoms. The Hall–Kier alpha value is -0.870. The first kappa shape index (κ1) is 13.6. The lowest BCUT2D eigenvalue weighted by Gasteiger charge is -2.37. The molecule has 1 aliphatic carbocycles. The number of hydrogen-bond acceptors (Lipinski definition) is 3. The van der Waals surface area contributed by atoms with Crippen molar-refractivity contribution in [2.75, 3.05) is 13.2 Å². The largest absolute Gasteiger partial charge is 0.396 e. The van der Waals surface area contributed by atoms with Gasteiger partial charge in [-0.15, -0.1) is 11.3 Å². The van der Waals surface area contributed by atoms with E-state index < -0.39 is 0 Å². The minimum absolute atomic E-state index is 0.154. The average molecular weight is 267 g/mol. The summed E-state index contributed by atoms with van der Waals surface area (Å²) < 4.78 is 0. The van der Waals surface area contributed by atoms with Gasteiger partial charge >= 0.3 is 0 Å². The van der Waals surface area contributed by atoms with Crippen molar-refractivity contribution in [3.05, 3.63) is 21.9 Å². The van der Waals surface area contributed by atoms with Gasteiger partial charge in [0.15, 0.2) is 0 Å². The lowest BCUT2D eigenvalue weighted by Crippen LogP contribution is -2.44. The van der Waals surface area contributed by atoms with E-state index >= 15 is 0 Å². The standard InChI is InChI=1S/C14H21NO2S/c1-2-11-7-10-18-13(11)14(17)15(8-4-9-16)12-5-3-6-12/h7,10,12,16H,2-6,8-9H2,1H3. The molecule has 0 saturated heterocycles. The summed E-state index contributed by atoms with van der Waals surface area (Å²) in [5, 5.41) is 11.0. The Balaban J connectivity index is 2.11. The first-order valence-corrected chi connectivity index (χ1v) is 7.64. The first-order valence-electron chi connectivity index (χ1n) is 6.76. The van der Waals surface area contributed by atoms with Crippen molar-refractivity contribution in [2.45, 2.75) is 45.1 Å². The van der Waals surface area contributed by atoms with Gasteiger partial charge in [-0.1, -0.05) is 6.92 Å². The number of amides is 1. The van der Waals surface area contributed by atoms with Gasteiger partial charge in [-0.3, -0.25) is 4.79 Å². The Kier molecular flexibility index (Phi) is 4.78.